The van der Waals surface area contributed by atoms with Crippen molar-refractivity contribution in [2.45, 2.75) is 12.5 Å². The van der Waals surface area contributed by atoms with Crippen LogP contribution in [0.1, 0.15) is 23.6 Å². The van der Waals surface area contributed by atoms with Crippen molar-refractivity contribution in [3.8, 4) is 5.75 Å². The maximum Gasteiger partial charge on any atom is 0.295 e. The molecule has 2 aromatic carbocycles. The van der Waals surface area contributed by atoms with Crippen molar-refractivity contribution in [3.05, 3.63) is 71.0 Å². The first-order valence-corrected chi connectivity index (χ1v) is 9.80. The van der Waals surface area contributed by atoms with E-state index in [2.05, 4.69) is 0 Å². The maximum absolute atomic E-state index is 13.5. The standard InChI is InChI=1S/C23H25FN2O4/c1-25(2)12-5-13-26-20(15-8-10-17(24)11-9-15)19(22(28)23(26)29)21(27)16-6-4-7-18(14-16)30-3/h4,6-11,14,20,27H,5,12-13H2,1-3H3/p+1/t20-/m1/s1. The highest BCUT2D eigenvalue weighted by molar-refractivity contribution is 6.46. The largest absolute Gasteiger partial charge is 0.507 e. The van der Waals surface area contributed by atoms with E-state index in [-0.39, 0.29) is 11.3 Å². The van der Waals surface area contributed by atoms with E-state index in [0.29, 0.717) is 29.8 Å². The fraction of sp³-hybridized carbons (Fsp3) is 0.304. The molecule has 1 fully saturated rings. The Kier molecular flexibility index (Phi) is 6.52. The minimum atomic E-state index is -0.783. The summed E-state index contributed by atoms with van der Waals surface area (Å²) in [5.74, 6) is -1.59. The Hall–Kier alpha value is -3.19. The van der Waals surface area contributed by atoms with Crippen LogP contribution in [-0.4, -0.2) is 56.0 Å². The van der Waals surface area contributed by atoms with E-state index in [9.17, 15) is 19.1 Å². The van der Waals surface area contributed by atoms with Gasteiger partial charge in [-0.15, -0.1) is 0 Å². The predicted molar refractivity (Wildman–Crippen MR) is 111 cm³/mol. The molecule has 1 saturated heterocycles. The first kappa shape index (κ1) is 21.5. The molecule has 2 N–H and O–H groups in total. The van der Waals surface area contributed by atoms with Gasteiger partial charge in [-0.2, -0.15) is 0 Å². The highest BCUT2D eigenvalue weighted by atomic mass is 19.1. The quantitative estimate of drug-likeness (QED) is 0.413. The number of hydrogen-bond acceptors (Lipinski definition) is 4. The molecule has 1 heterocycles. The number of ketones is 1. The van der Waals surface area contributed by atoms with E-state index in [1.165, 1.54) is 41.2 Å². The molecule has 0 radical (unpaired) electrons. The Morgan fingerprint density at radius 2 is 1.87 bits per heavy atom. The van der Waals surface area contributed by atoms with E-state index in [4.69, 9.17) is 4.74 Å². The van der Waals surface area contributed by atoms with Gasteiger partial charge in [0.25, 0.3) is 11.7 Å². The minimum Gasteiger partial charge on any atom is -0.507 e. The lowest BCUT2D eigenvalue weighted by molar-refractivity contribution is -0.858. The Morgan fingerprint density at radius 1 is 1.17 bits per heavy atom. The number of aliphatic hydroxyl groups is 1. The van der Waals surface area contributed by atoms with Crippen LogP contribution >= 0.6 is 0 Å². The lowest BCUT2D eigenvalue weighted by Gasteiger charge is -2.25. The van der Waals surface area contributed by atoms with Gasteiger partial charge in [0.15, 0.2) is 0 Å². The molecule has 0 aromatic heterocycles. The van der Waals surface area contributed by atoms with Crippen LogP contribution in [0, 0.1) is 5.82 Å². The van der Waals surface area contributed by atoms with Crippen molar-refractivity contribution in [3.63, 3.8) is 0 Å². The highest BCUT2D eigenvalue weighted by Crippen LogP contribution is 2.39. The molecule has 6 nitrogen and oxygen atoms in total. The highest BCUT2D eigenvalue weighted by Gasteiger charge is 2.45. The molecule has 158 valence electrons. The summed E-state index contributed by atoms with van der Waals surface area (Å²) < 4.78 is 18.7. The number of carbonyl (C=O) groups is 2. The van der Waals surface area contributed by atoms with Crippen LogP contribution < -0.4 is 9.64 Å². The molecule has 7 heteroatoms. The number of benzene rings is 2. The fourth-order valence-corrected chi connectivity index (χ4v) is 3.63. The molecule has 0 aliphatic carbocycles. The number of aliphatic hydroxyl groups excluding tert-OH is 1. The average molecular weight is 413 g/mol. The second kappa shape index (κ2) is 9.09. The zero-order valence-electron chi connectivity index (χ0n) is 17.3. The summed E-state index contributed by atoms with van der Waals surface area (Å²) in [6.07, 6.45) is 0.687. The van der Waals surface area contributed by atoms with Crippen LogP contribution in [0.2, 0.25) is 0 Å². The number of amides is 1. The van der Waals surface area contributed by atoms with Crippen molar-refractivity contribution in [1.82, 2.24) is 4.90 Å². The average Bonchev–Trinajstić information content (AvgIpc) is 2.98. The number of rotatable bonds is 7. The summed E-state index contributed by atoms with van der Waals surface area (Å²) in [4.78, 5) is 28.4. The summed E-state index contributed by atoms with van der Waals surface area (Å²) in [6, 6.07) is 11.5. The number of nitrogens with zero attached hydrogens (tertiary/aromatic N) is 1. The molecular weight excluding hydrogens is 387 g/mol. The third kappa shape index (κ3) is 4.36. The number of Topliss-reactive ketones (excluding diaryl/α,β-unsaturated/α-hetero) is 1. The third-order valence-corrected chi connectivity index (χ3v) is 5.14. The molecule has 0 spiro atoms. The van der Waals surface area contributed by atoms with E-state index < -0.39 is 23.5 Å². The van der Waals surface area contributed by atoms with Crippen molar-refractivity contribution in [1.29, 1.82) is 0 Å². The normalized spacial score (nSPS) is 18.3. The Balaban J connectivity index is 2.09. The minimum absolute atomic E-state index is 0.00272. The molecule has 1 amide bonds. The lowest BCUT2D eigenvalue weighted by Crippen LogP contribution is -3.05. The van der Waals surface area contributed by atoms with E-state index in [1.807, 2.05) is 14.1 Å². The summed E-state index contributed by atoms with van der Waals surface area (Å²) in [6.45, 7) is 1.17. The van der Waals surface area contributed by atoms with Crippen LogP contribution in [0.4, 0.5) is 4.39 Å². The number of ether oxygens (including phenoxy) is 1. The number of nitrogens with one attached hydrogen (secondary N) is 1. The first-order chi connectivity index (χ1) is 14.3. The number of quaternary nitrogens is 1. The van der Waals surface area contributed by atoms with E-state index in [0.717, 1.165) is 6.54 Å². The fourth-order valence-electron chi connectivity index (χ4n) is 3.63. The summed E-state index contributed by atoms with van der Waals surface area (Å²) in [5, 5.41) is 11.0. The molecule has 0 bridgehead atoms. The number of halogens is 1. The number of hydrogen-bond donors (Lipinski definition) is 2. The number of likely N-dealkylation sites (tertiary alicyclic amines) is 1. The molecule has 0 unspecified atom stereocenters. The summed E-state index contributed by atoms with van der Waals surface area (Å²) in [5.41, 5.74) is 0.937. The molecular formula is C23H26FN2O4+. The second-order valence-electron chi connectivity index (χ2n) is 7.59. The van der Waals surface area contributed by atoms with Gasteiger partial charge in [0.05, 0.1) is 39.4 Å². The molecule has 0 saturated carbocycles. The predicted octanol–water partition coefficient (Wildman–Crippen LogP) is 1.79. The van der Waals surface area contributed by atoms with Crippen LogP contribution in [0.5, 0.6) is 5.75 Å². The van der Waals surface area contributed by atoms with Gasteiger partial charge in [0.1, 0.15) is 17.3 Å². The monoisotopic (exact) mass is 413 g/mol. The summed E-state index contributed by atoms with van der Waals surface area (Å²) in [7, 11) is 5.52. The molecule has 1 aliphatic heterocycles. The molecule has 2 aromatic rings. The summed E-state index contributed by atoms with van der Waals surface area (Å²) >= 11 is 0. The van der Waals surface area contributed by atoms with Gasteiger partial charge in [-0.25, -0.2) is 4.39 Å². The van der Waals surface area contributed by atoms with Crippen molar-refractivity contribution >= 4 is 17.4 Å². The molecule has 1 aliphatic rings. The molecule has 30 heavy (non-hydrogen) atoms. The SMILES string of the molecule is COc1cccc(C(O)=C2C(=O)C(=O)N(CCC[NH+](C)C)[C@@H]2c2ccc(F)cc2)c1. The second-order valence-corrected chi connectivity index (χ2v) is 7.59. The van der Waals surface area contributed by atoms with Crippen molar-refractivity contribution in [2.75, 3.05) is 34.3 Å². The van der Waals surface area contributed by atoms with Crippen molar-refractivity contribution < 1.29 is 28.7 Å². The smallest absolute Gasteiger partial charge is 0.295 e. The number of carbonyl (C=O) groups excluding carboxylic acids is 2. The maximum atomic E-state index is 13.5. The Labute approximate surface area is 175 Å². The van der Waals surface area contributed by atoms with Gasteiger partial charge >= 0.3 is 0 Å². The van der Waals surface area contributed by atoms with E-state index in [1.54, 1.807) is 24.3 Å². The van der Waals surface area contributed by atoms with Crippen LogP contribution in [-0.2, 0) is 9.59 Å². The van der Waals surface area contributed by atoms with E-state index >= 15 is 0 Å². The Bertz CT molecular complexity index is 969. The van der Waals surface area contributed by atoms with Crippen molar-refractivity contribution in [2.24, 2.45) is 0 Å². The number of methoxy groups -OCH3 is 1. The Morgan fingerprint density at radius 3 is 2.50 bits per heavy atom. The van der Waals surface area contributed by atoms with Gasteiger partial charge in [-0.1, -0.05) is 24.3 Å². The molecule has 3 rings (SSSR count). The van der Waals surface area contributed by atoms with Gasteiger partial charge in [-0.05, 0) is 29.8 Å². The lowest BCUT2D eigenvalue weighted by atomic mass is 9.95. The van der Waals surface area contributed by atoms with Crippen LogP contribution in [0.25, 0.3) is 5.76 Å². The van der Waals surface area contributed by atoms with Gasteiger partial charge in [-0.3, -0.25) is 9.59 Å². The molecule has 1 atom stereocenters. The van der Waals surface area contributed by atoms with Gasteiger partial charge < -0.3 is 19.6 Å². The van der Waals surface area contributed by atoms with Crippen LogP contribution in [0.15, 0.2) is 54.1 Å². The topological polar surface area (TPSA) is 71.3 Å². The zero-order chi connectivity index (χ0) is 21.8. The van der Waals surface area contributed by atoms with Gasteiger partial charge in [0.2, 0.25) is 0 Å². The third-order valence-electron chi connectivity index (χ3n) is 5.14. The van der Waals surface area contributed by atoms with Crippen LogP contribution in [0.3, 0.4) is 0 Å². The zero-order valence-corrected chi connectivity index (χ0v) is 17.3. The van der Waals surface area contributed by atoms with Gasteiger partial charge in [0, 0.05) is 18.5 Å². The first-order valence-electron chi connectivity index (χ1n) is 9.80.